The first-order valence-electron chi connectivity index (χ1n) is 8.09. The fourth-order valence-corrected chi connectivity index (χ4v) is 4.27. The third-order valence-corrected chi connectivity index (χ3v) is 6.04. The van der Waals surface area contributed by atoms with Crippen molar-refractivity contribution in [2.75, 3.05) is 0 Å². The Morgan fingerprint density at radius 1 is 1.32 bits per heavy atom. The maximum absolute atomic E-state index is 13.8. The third kappa shape index (κ3) is 4.02. The summed E-state index contributed by atoms with van der Waals surface area (Å²) in [6.07, 6.45) is 1.83. The molecule has 3 aromatic rings. The van der Waals surface area contributed by atoms with E-state index >= 15 is 0 Å². The van der Waals surface area contributed by atoms with Crippen molar-refractivity contribution in [3.63, 3.8) is 0 Å². The summed E-state index contributed by atoms with van der Waals surface area (Å²) in [5.41, 5.74) is 1.74. The van der Waals surface area contributed by atoms with Gasteiger partial charge >= 0.3 is 0 Å². The molecule has 0 N–H and O–H groups in total. The lowest BCUT2D eigenvalue weighted by molar-refractivity contribution is 0.617. The largest absolute Gasteiger partial charge is 0.298 e. The highest BCUT2D eigenvalue weighted by Gasteiger charge is 2.16. The highest BCUT2D eigenvalue weighted by molar-refractivity contribution is 7.98. The molecule has 0 saturated heterocycles. The minimum absolute atomic E-state index is 0.190. The minimum Gasteiger partial charge on any atom is -0.298 e. The molecule has 130 valence electrons. The minimum atomic E-state index is -0.190. The number of halogens is 1. The Kier molecular flexibility index (Phi) is 5.71. The van der Waals surface area contributed by atoms with Gasteiger partial charge in [0.15, 0.2) is 11.0 Å². The summed E-state index contributed by atoms with van der Waals surface area (Å²) in [5.74, 6) is 1.65. The topological polar surface area (TPSA) is 30.7 Å². The first-order chi connectivity index (χ1) is 12.1. The summed E-state index contributed by atoms with van der Waals surface area (Å²) >= 11 is 3.23. The molecule has 0 bridgehead atoms. The molecule has 0 aliphatic rings. The van der Waals surface area contributed by atoms with Crippen LogP contribution in [0.15, 0.2) is 53.5 Å². The summed E-state index contributed by atoms with van der Waals surface area (Å²) < 4.78 is 15.9. The molecule has 0 spiro atoms. The summed E-state index contributed by atoms with van der Waals surface area (Å²) in [6.45, 7) is 8.81. The molecule has 0 saturated carbocycles. The smallest absolute Gasteiger partial charge is 0.192 e. The fraction of sp³-hybridized carbons (Fsp3) is 0.263. The number of thioether (sulfide) groups is 1. The first kappa shape index (κ1) is 17.9. The summed E-state index contributed by atoms with van der Waals surface area (Å²) in [5, 5.41) is 11.6. The molecule has 0 atom stereocenters. The molecule has 0 fully saturated rings. The van der Waals surface area contributed by atoms with Crippen LogP contribution in [-0.2, 0) is 12.3 Å². The van der Waals surface area contributed by atoms with Crippen LogP contribution in [0.25, 0.3) is 11.4 Å². The van der Waals surface area contributed by atoms with Crippen molar-refractivity contribution in [2.24, 2.45) is 0 Å². The van der Waals surface area contributed by atoms with Crippen LogP contribution in [0, 0.1) is 5.82 Å². The van der Waals surface area contributed by atoms with E-state index in [0.717, 1.165) is 16.5 Å². The molecule has 25 heavy (non-hydrogen) atoms. The standard InChI is InChI=1S/C19H20FN3S2/c1-4-9-23-18(15-10-17(13(2)3)24-12-15)21-22-19(23)25-11-14-7-5-6-8-16(14)20/h4-8,10,12-13H,1,9,11H2,2-3H3. The average Bonchev–Trinajstić information content (AvgIpc) is 3.22. The molecular formula is C19H20FN3S2. The van der Waals surface area contributed by atoms with Gasteiger partial charge in [0, 0.05) is 28.1 Å². The molecule has 0 aliphatic heterocycles. The molecule has 2 heterocycles. The lowest BCUT2D eigenvalue weighted by Gasteiger charge is -2.07. The van der Waals surface area contributed by atoms with Gasteiger partial charge in [0.1, 0.15) is 5.82 Å². The van der Waals surface area contributed by atoms with Gasteiger partial charge in [0.05, 0.1) is 0 Å². The van der Waals surface area contributed by atoms with Crippen LogP contribution in [0.5, 0.6) is 0 Å². The summed E-state index contributed by atoms with van der Waals surface area (Å²) in [4.78, 5) is 1.32. The molecule has 1 aromatic carbocycles. The Hall–Kier alpha value is -1.92. The van der Waals surface area contributed by atoms with Crippen molar-refractivity contribution in [1.82, 2.24) is 14.8 Å². The van der Waals surface area contributed by atoms with Crippen molar-refractivity contribution in [2.45, 2.75) is 37.2 Å². The third-order valence-electron chi connectivity index (χ3n) is 3.79. The Labute approximate surface area is 155 Å². The number of nitrogens with zero attached hydrogens (tertiary/aromatic N) is 3. The van der Waals surface area contributed by atoms with Crippen LogP contribution >= 0.6 is 23.1 Å². The second kappa shape index (κ2) is 7.97. The summed E-state index contributed by atoms with van der Waals surface area (Å²) in [7, 11) is 0. The van der Waals surface area contributed by atoms with Gasteiger partial charge in [-0.1, -0.05) is 49.9 Å². The van der Waals surface area contributed by atoms with Crippen LogP contribution in [0.2, 0.25) is 0 Å². The Balaban J connectivity index is 1.86. The summed E-state index contributed by atoms with van der Waals surface area (Å²) in [6, 6.07) is 8.99. The van der Waals surface area contributed by atoms with Gasteiger partial charge in [-0.05, 0) is 23.6 Å². The highest BCUT2D eigenvalue weighted by Crippen LogP contribution is 2.32. The Morgan fingerprint density at radius 2 is 2.12 bits per heavy atom. The van der Waals surface area contributed by atoms with E-state index in [9.17, 15) is 4.39 Å². The SMILES string of the molecule is C=CCn1c(SCc2ccccc2F)nnc1-c1csc(C(C)C)c1. The molecule has 2 aromatic heterocycles. The van der Waals surface area contributed by atoms with E-state index in [-0.39, 0.29) is 5.82 Å². The van der Waals surface area contributed by atoms with E-state index in [2.05, 4.69) is 42.1 Å². The quantitative estimate of drug-likeness (QED) is 0.390. The normalized spacial score (nSPS) is 11.2. The monoisotopic (exact) mass is 373 g/mol. The first-order valence-corrected chi connectivity index (χ1v) is 9.95. The molecular weight excluding hydrogens is 353 g/mol. The maximum atomic E-state index is 13.8. The van der Waals surface area contributed by atoms with E-state index in [1.54, 1.807) is 23.5 Å². The number of thiophene rings is 1. The van der Waals surface area contributed by atoms with Crippen molar-refractivity contribution in [1.29, 1.82) is 0 Å². The highest BCUT2D eigenvalue weighted by atomic mass is 32.2. The number of allylic oxidation sites excluding steroid dienone is 1. The van der Waals surface area contributed by atoms with Crippen molar-refractivity contribution < 1.29 is 4.39 Å². The van der Waals surface area contributed by atoms with Crippen LogP contribution in [0.3, 0.4) is 0 Å². The van der Waals surface area contributed by atoms with Crippen LogP contribution in [0.1, 0.15) is 30.2 Å². The molecule has 0 unspecified atom stereocenters. The molecule has 3 rings (SSSR count). The molecule has 0 radical (unpaired) electrons. The number of benzene rings is 1. The zero-order valence-corrected chi connectivity index (χ0v) is 15.9. The second-order valence-corrected chi connectivity index (χ2v) is 7.86. The predicted octanol–water partition coefficient (Wildman–Crippen LogP) is 5.75. The number of rotatable bonds is 7. The van der Waals surface area contributed by atoms with Gasteiger partial charge in [0.2, 0.25) is 0 Å². The molecule has 3 nitrogen and oxygen atoms in total. The van der Waals surface area contributed by atoms with E-state index in [0.29, 0.717) is 23.8 Å². The van der Waals surface area contributed by atoms with Crippen molar-refractivity contribution in [3.05, 3.63) is 64.6 Å². The number of hydrogen-bond donors (Lipinski definition) is 0. The number of hydrogen-bond acceptors (Lipinski definition) is 4. The molecule has 0 amide bonds. The Bertz CT molecular complexity index is 867. The van der Waals surface area contributed by atoms with E-state index < -0.39 is 0 Å². The van der Waals surface area contributed by atoms with Gasteiger partial charge in [-0.2, -0.15) is 0 Å². The van der Waals surface area contributed by atoms with E-state index in [4.69, 9.17) is 0 Å². The lowest BCUT2D eigenvalue weighted by Crippen LogP contribution is -2.00. The Morgan fingerprint density at radius 3 is 2.80 bits per heavy atom. The van der Waals surface area contributed by atoms with Crippen LogP contribution in [-0.4, -0.2) is 14.8 Å². The average molecular weight is 374 g/mol. The van der Waals surface area contributed by atoms with Gasteiger partial charge in [-0.25, -0.2) is 4.39 Å². The second-order valence-electron chi connectivity index (χ2n) is 5.98. The van der Waals surface area contributed by atoms with Gasteiger partial charge in [0.25, 0.3) is 0 Å². The van der Waals surface area contributed by atoms with Crippen LogP contribution < -0.4 is 0 Å². The van der Waals surface area contributed by atoms with E-state index in [1.807, 2.05) is 16.7 Å². The zero-order chi connectivity index (χ0) is 17.8. The van der Waals surface area contributed by atoms with E-state index in [1.165, 1.54) is 22.7 Å². The lowest BCUT2D eigenvalue weighted by atomic mass is 10.1. The predicted molar refractivity (Wildman–Crippen MR) is 104 cm³/mol. The van der Waals surface area contributed by atoms with Crippen molar-refractivity contribution >= 4 is 23.1 Å². The van der Waals surface area contributed by atoms with Gasteiger partial charge < -0.3 is 0 Å². The fourth-order valence-electron chi connectivity index (χ4n) is 2.43. The van der Waals surface area contributed by atoms with Crippen molar-refractivity contribution in [3.8, 4) is 11.4 Å². The molecule has 0 aliphatic carbocycles. The van der Waals surface area contributed by atoms with Gasteiger partial charge in [-0.15, -0.1) is 28.1 Å². The molecule has 6 heteroatoms. The van der Waals surface area contributed by atoms with Crippen LogP contribution in [0.4, 0.5) is 4.39 Å². The van der Waals surface area contributed by atoms with Gasteiger partial charge in [-0.3, -0.25) is 4.57 Å². The number of aromatic nitrogens is 3. The zero-order valence-electron chi connectivity index (χ0n) is 14.3. The maximum Gasteiger partial charge on any atom is 0.192 e.